The van der Waals surface area contributed by atoms with E-state index < -0.39 is 11.9 Å². The van der Waals surface area contributed by atoms with E-state index in [2.05, 4.69) is 0 Å². The Morgan fingerprint density at radius 2 is 2.25 bits per heavy atom. The Morgan fingerprint density at radius 3 is 2.88 bits per heavy atom. The third-order valence-corrected chi connectivity index (χ3v) is 2.82. The second-order valence-electron chi connectivity index (χ2n) is 3.89. The number of hydrogen-bond donors (Lipinski definition) is 1. The third-order valence-electron chi connectivity index (χ3n) is 2.82. The van der Waals surface area contributed by atoms with Gasteiger partial charge in [0.2, 0.25) is 5.91 Å². The monoisotopic (exact) mass is 222 g/mol. The van der Waals surface area contributed by atoms with Gasteiger partial charge in [-0.05, 0) is 31.4 Å². The fraction of sp³-hybridized carbons (Fsp3) is 0.455. The van der Waals surface area contributed by atoms with E-state index in [-0.39, 0.29) is 11.7 Å². The maximum atomic E-state index is 12.0. The van der Waals surface area contributed by atoms with Crippen LogP contribution >= 0.6 is 0 Å². The number of amides is 2. The summed E-state index contributed by atoms with van der Waals surface area (Å²) < 4.78 is 5.03. The predicted octanol–water partition coefficient (Wildman–Crippen LogP) is 0.760. The van der Waals surface area contributed by atoms with Crippen LogP contribution in [0.2, 0.25) is 0 Å². The summed E-state index contributed by atoms with van der Waals surface area (Å²) in [6.45, 7) is 0.563. The molecule has 5 heteroatoms. The number of nitrogens with two attached hydrogens (primary N) is 1. The highest BCUT2D eigenvalue weighted by molar-refractivity contribution is 5.95. The first kappa shape index (κ1) is 10.7. The molecule has 0 aliphatic carbocycles. The quantitative estimate of drug-likeness (QED) is 0.802. The van der Waals surface area contributed by atoms with Crippen molar-refractivity contribution in [3.63, 3.8) is 0 Å². The Labute approximate surface area is 93.2 Å². The van der Waals surface area contributed by atoms with Crippen molar-refractivity contribution < 1.29 is 14.0 Å². The minimum absolute atomic E-state index is 0.256. The summed E-state index contributed by atoms with van der Waals surface area (Å²) in [5.41, 5.74) is 5.29. The normalized spacial score (nSPS) is 20.8. The van der Waals surface area contributed by atoms with Crippen LogP contribution in [-0.2, 0) is 4.79 Å². The highest BCUT2D eigenvalue weighted by Gasteiger charge is 2.32. The molecule has 86 valence electrons. The van der Waals surface area contributed by atoms with E-state index in [9.17, 15) is 9.59 Å². The van der Waals surface area contributed by atoms with Crippen LogP contribution in [0.5, 0.6) is 0 Å². The van der Waals surface area contributed by atoms with Crippen molar-refractivity contribution in [1.29, 1.82) is 0 Å². The molecule has 2 N–H and O–H groups in total. The highest BCUT2D eigenvalue weighted by atomic mass is 16.3. The number of nitrogens with zero attached hydrogens (tertiary/aromatic N) is 1. The van der Waals surface area contributed by atoms with Crippen LogP contribution in [0.1, 0.15) is 29.8 Å². The molecular formula is C11H14N2O3. The van der Waals surface area contributed by atoms with Gasteiger partial charge in [-0.15, -0.1) is 0 Å². The van der Waals surface area contributed by atoms with Crippen LogP contribution in [0.15, 0.2) is 22.8 Å². The molecule has 1 aliphatic heterocycles. The zero-order valence-corrected chi connectivity index (χ0v) is 8.89. The van der Waals surface area contributed by atoms with Gasteiger partial charge in [0, 0.05) is 6.54 Å². The fourth-order valence-electron chi connectivity index (χ4n) is 2.01. The van der Waals surface area contributed by atoms with Crippen molar-refractivity contribution in [2.24, 2.45) is 5.73 Å². The van der Waals surface area contributed by atoms with Crippen LogP contribution < -0.4 is 5.73 Å². The average molecular weight is 222 g/mol. The topological polar surface area (TPSA) is 76.5 Å². The van der Waals surface area contributed by atoms with E-state index in [1.165, 1.54) is 11.2 Å². The summed E-state index contributed by atoms with van der Waals surface area (Å²) >= 11 is 0. The van der Waals surface area contributed by atoms with Gasteiger partial charge in [0.1, 0.15) is 6.04 Å². The molecular weight excluding hydrogens is 208 g/mol. The molecule has 1 unspecified atom stereocenters. The lowest BCUT2D eigenvalue weighted by atomic mass is 10.0. The Bertz CT molecular complexity index is 386. The molecule has 1 aromatic heterocycles. The van der Waals surface area contributed by atoms with E-state index in [0.717, 1.165) is 12.8 Å². The Hall–Kier alpha value is -1.78. The molecule has 1 aliphatic rings. The van der Waals surface area contributed by atoms with Crippen LogP contribution in [0.25, 0.3) is 0 Å². The van der Waals surface area contributed by atoms with E-state index in [0.29, 0.717) is 13.0 Å². The predicted molar refractivity (Wildman–Crippen MR) is 56.6 cm³/mol. The van der Waals surface area contributed by atoms with Gasteiger partial charge < -0.3 is 15.1 Å². The summed E-state index contributed by atoms with van der Waals surface area (Å²) in [6.07, 6.45) is 3.91. The molecule has 0 radical (unpaired) electrons. The average Bonchev–Trinajstić information content (AvgIpc) is 2.81. The molecule has 1 atom stereocenters. The molecule has 2 amide bonds. The summed E-state index contributed by atoms with van der Waals surface area (Å²) in [5.74, 6) is -0.443. The number of piperidine rings is 1. The van der Waals surface area contributed by atoms with Gasteiger partial charge in [-0.1, -0.05) is 0 Å². The number of likely N-dealkylation sites (tertiary alicyclic amines) is 1. The SMILES string of the molecule is NC(=O)C1CCCCN1C(=O)c1ccco1. The van der Waals surface area contributed by atoms with Crippen molar-refractivity contribution in [3.05, 3.63) is 24.2 Å². The second kappa shape index (κ2) is 4.38. The standard InChI is InChI=1S/C11H14N2O3/c12-10(14)8-4-1-2-6-13(8)11(15)9-5-3-7-16-9/h3,5,7-8H,1-2,4,6H2,(H2,12,14). The van der Waals surface area contributed by atoms with Gasteiger partial charge in [0.25, 0.3) is 5.91 Å². The number of carbonyl (C=O) groups excluding carboxylic acids is 2. The summed E-state index contributed by atoms with van der Waals surface area (Å²) in [5, 5.41) is 0. The van der Waals surface area contributed by atoms with E-state index in [1.54, 1.807) is 12.1 Å². The van der Waals surface area contributed by atoms with Crippen molar-refractivity contribution in [3.8, 4) is 0 Å². The van der Waals surface area contributed by atoms with Crippen molar-refractivity contribution in [2.45, 2.75) is 25.3 Å². The van der Waals surface area contributed by atoms with Gasteiger partial charge in [-0.25, -0.2) is 0 Å². The van der Waals surface area contributed by atoms with Crippen LogP contribution in [-0.4, -0.2) is 29.3 Å². The first-order valence-electron chi connectivity index (χ1n) is 5.34. The highest BCUT2D eigenvalue weighted by Crippen LogP contribution is 2.19. The zero-order valence-electron chi connectivity index (χ0n) is 8.89. The number of rotatable bonds is 2. The maximum Gasteiger partial charge on any atom is 0.290 e. The first-order chi connectivity index (χ1) is 7.70. The van der Waals surface area contributed by atoms with Gasteiger partial charge in [0.05, 0.1) is 6.26 Å². The molecule has 1 saturated heterocycles. The molecule has 0 saturated carbocycles. The molecule has 0 bridgehead atoms. The lowest BCUT2D eigenvalue weighted by Crippen LogP contribution is -2.50. The number of hydrogen-bond acceptors (Lipinski definition) is 3. The van der Waals surface area contributed by atoms with Crippen LogP contribution in [0.4, 0.5) is 0 Å². The van der Waals surface area contributed by atoms with E-state index in [1.807, 2.05) is 0 Å². The Morgan fingerprint density at radius 1 is 1.44 bits per heavy atom. The molecule has 1 fully saturated rings. The fourth-order valence-corrected chi connectivity index (χ4v) is 2.01. The van der Waals surface area contributed by atoms with Crippen molar-refractivity contribution in [1.82, 2.24) is 4.90 Å². The van der Waals surface area contributed by atoms with Gasteiger partial charge in [-0.2, -0.15) is 0 Å². The molecule has 0 spiro atoms. The van der Waals surface area contributed by atoms with Crippen LogP contribution in [0, 0.1) is 0 Å². The number of carbonyl (C=O) groups is 2. The minimum atomic E-state index is -0.494. The second-order valence-corrected chi connectivity index (χ2v) is 3.89. The smallest absolute Gasteiger partial charge is 0.290 e. The van der Waals surface area contributed by atoms with Gasteiger partial charge in [0.15, 0.2) is 5.76 Å². The van der Waals surface area contributed by atoms with Crippen LogP contribution in [0.3, 0.4) is 0 Å². The van der Waals surface area contributed by atoms with Gasteiger partial charge >= 0.3 is 0 Å². The van der Waals surface area contributed by atoms with Crippen molar-refractivity contribution in [2.75, 3.05) is 6.54 Å². The molecule has 2 heterocycles. The lowest BCUT2D eigenvalue weighted by molar-refractivity contribution is -0.123. The Kier molecular flexibility index (Phi) is 2.94. The largest absolute Gasteiger partial charge is 0.459 e. The molecule has 1 aromatic rings. The lowest BCUT2D eigenvalue weighted by Gasteiger charge is -2.32. The Balaban J connectivity index is 2.17. The van der Waals surface area contributed by atoms with E-state index in [4.69, 9.17) is 10.2 Å². The van der Waals surface area contributed by atoms with Gasteiger partial charge in [-0.3, -0.25) is 9.59 Å². The van der Waals surface area contributed by atoms with E-state index >= 15 is 0 Å². The zero-order chi connectivity index (χ0) is 11.5. The summed E-state index contributed by atoms with van der Waals surface area (Å²) in [7, 11) is 0. The number of primary amides is 1. The minimum Gasteiger partial charge on any atom is -0.459 e. The molecule has 0 aromatic carbocycles. The van der Waals surface area contributed by atoms with Crippen molar-refractivity contribution >= 4 is 11.8 Å². The number of furan rings is 1. The molecule has 16 heavy (non-hydrogen) atoms. The molecule has 2 rings (SSSR count). The summed E-state index contributed by atoms with van der Waals surface area (Å²) in [4.78, 5) is 24.7. The maximum absolute atomic E-state index is 12.0. The summed E-state index contributed by atoms with van der Waals surface area (Å²) in [6, 6.07) is 2.75. The molecule has 5 nitrogen and oxygen atoms in total. The first-order valence-corrected chi connectivity index (χ1v) is 5.34. The third kappa shape index (κ3) is 1.93.